The Hall–Kier alpha value is -1.80. The summed E-state index contributed by atoms with van der Waals surface area (Å²) < 4.78 is 7.90. The number of carboxylic acids is 1. The van der Waals surface area contributed by atoms with Crippen LogP contribution in [0.15, 0.2) is 18.6 Å². The van der Waals surface area contributed by atoms with Crippen molar-refractivity contribution in [1.29, 1.82) is 0 Å². The highest BCUT2D eigenvalue weighted by molar-refractivity contribution is 8.32. The fraction of sp³-hybridized carbons (Fsp3) is 0.650. The molecular weight excluding hydrogens is 376 g/mol. The first kappa shape index (κ1) is 19.5. The summed E-state index contributed by atoms with van der Waals surface area (Å²) in [6.07, 6.45) is 13.2. The van der Waals surface area contributed by atoms with Gasteiger partial charge in [0, 0.05) is 30.5 Å². The van der Waals surface area contributed by atoms with E-state index in [0.717, 1.165) is 55.1 Å². The highest BCUT2D eigenvalue weighted by Crippen LogP contribution is 2.56. The van der Waals surface area contributed by atoms with Gasteiger partial charge in [0.25, 0.3) is 0 Å². The van der Waals surface area contributed by atoms with Crippen LogP contribution in [0.1, 0.15) is 19.3 Å². The van der Waals surface area contributed by atoms with E-state index >= 15 is 0 Å². The van der Waals surface area contributed by atoms with Gasteiger partial charge in [-0.1, -0.05) is 0 Å². The molecule has 2 aromatic rings. The average Bonchev–Trinajstić information content (AvgIpc) is 3.25. The van der Waals surface area contributed by atoms with Gasteiger partial charge in [0.15, 0.2) is 0 Å². The van der Waals surface area contributed by atoms with Crippen molar-refractivity contribution < 1.29 is 14.6 Å². The Morgan fingerprint density at radius 1 is 1.36 bits per heavy atom. The number of carboxylic acid groups (broad SMARTS) is 1. The second-order valence-electron chi connectivity index (χ2n) is 9.02. The number of hydrogen-bond donors (Lipinski definition) is 1. The zero-order chi connectivity index (χ0) is 19.9. The van der Waals surface area contributed by atoms with Crippen molar-refractivity contribution >= 4 is 32.8 Å². The van der Waals surface area contributed by atoms with Crippen LogP contribution in [0.4, 0.5) is 5.82 Å². The molecule has 1 N–H and O–H groups in total. The average molecular weight is 407 g/mol. The third-order valence-electron chi connectivity index (χ3n) is 6.03. The zero-order valence-electron chi connectivity index (χ0n) is 16.9. The number of anilines is 1. The molecule has 2 aromatic heterocycles. The van der Waals surface area contributed by atoms with Crippen LogP contribution in [0.3, 0.4) is 0 Å². The fourth-order valence-corrected chi connectivity index (χ4v) is 4.83. The van der Waals surface area contributed by atoms with Gasteiger partial charge in [-0.2, -0.15) is 0 Å². The Morgan fingerprint density at radius 2 is 2.14 bits per heavy atom. The Labute approximate surface area is 167 Å². The topological polar surface area (TPSA) is 80.5 Å². The van der Waals surface area contributed by atoms with Gasteiger partial charge in [-0.3, -0.25) is 4.79 Å². The maximum absolute atomic E-state index is 11.6. The lowest BCUT2D eigenvalue weighted by atomic mass is 9.82. The van der Waals surface area contributed by atoms with E-state index in [9.17, 15) is 9.90 Å². The molecule has 1 unspecified atom stereocenters. The van der Waals surface area contributed by atoms with Gasteiger partial charge < -0.3 is 19.3 Å². The van der Waals surface area contributed by atoms with Crippen LogP contribution in [0.2, 0.25) is 0 Å². The van der Waals surface area contributed by atoms with Crippen molar-refractivity contribution in [2.45, 2.75) is 26.0 Å². The predicted octanol–water partition coefficient (Wildman–Crippen LogP) is 2.79. The summed E-state index contributed by atoms with van der Waals surface area (Å²) in [6.45, 7) is 2.73. The van der Waals surface area contributed by atoms with E-state index < -0.39 is 16.0 Å². The van der Waals surface area contributed by atoms with Crippen LogP contribution >= 0.6 is 10.0 Å². The molecule has 0 radical (unpaired) electrons. The van der Waals surface area contributed by atoms with Crippen molar-refractivity contribution in [2.75, 3.05) is 49.1 Å². The van der Waals surface area contributed by atoms with E-state index in [-0.39, 0.29) is 11.3 Å². The number of fused-ring (bicyclic) bond motifs is 1. The van der Waals surface area contributed by atoms with Crippen molar-refractivity contribution in [2.24, 2.45) is 11.3 Å². The summed E-state index contributed by atoms with van der Waals surface area (Å²) in [5.74, 6) is 1.14. The molecule has 0 bridgehead atoms. The number of rotatable bonds is 7. The van der Waals surface area contributed by atoms with Gasteiger partial charge in [-0.05, 0) is 44.1 Å². The van der Waals surface area contributed by atoms with E-state index in [2.05, 4.69) is 33.6 Å². The Bertz CT molecular complexity index is 872. The molecule has 4 rings (SSSR count). The van der Waals surface area contributed by atoms with E-state index in [1.807, 2.05) is 16.8 Å². The van der Waals surface area contributed by atoms with Gasteiger partial charge in [0.1, 0.15) is 24.5 Å². The maximum Gasteiger partial charge on any atom is 0.307 e. The summed E-state index contributed by atoms with van der Waals surface area (Å²) in [6, 6.07) is 2.05. The minimum Gasteiger partial charge on any atom is -0.481 e. The lowest BCUT2D eigenvalue weighted by Gasteiger charge is -2.38. The number of piperidine rings is 1. The molecule has 7 nitrogen and oxygen atoms in total. The van der Waals surface area contributed by atoms with Gasteiger partial charge in [0.2, 0.25) is 0 Å². The highest BCUT2D eigenvalue weighted by Gasteiger charge is 2.55. The van der Waals surface area contributed by atoms with E-state index in [0.29, 0.717) is 13.2 Å². The molecule has 2 aliphatic rings. The number of nitrogens with zero attached hydrogens (tertiary/aromatic N) is 4. The van der Waals surface area contributed by atoms with Crippen molar-refractivity contribution in [3.8, 4) is 0 Å². The number of aromatic nitrogens is 3. The normalized spacial score (nSPS) is 22.0. The molecular formula is C20H30N4O3S. The monoisotopic (exact) mass is 406 g/mol. The van der Waals surface area contributed by atoms with Crippen LogP contribution in [0.25, 0.3) is 11.0 Å². The molecule has 0 amide bonds. The molecule has 1 aliphatic heterocycles. The van der Waals surface area contributed by atoms with Crippen LogP contribution < -0.4 is 4.90 Å². The van der Waals surface area contributed by atoms with Gasteiger partial charge in [-0.15, -0.1) is 0 Å². The number of ether oxygens (including phenoxy) is 1. The Balaban J connectivity index is 1.49. The third-order valence-corrected chi connectivity index (χ3v) is 7.42. The van der Waals surface area contributed by atoms with E-state index in [1.165, 1.54) is 0 Å². The van der Waals surface area contributed by atoms with Crippen LogP contribution in [-0.4, -0.2) is 69.8 Å². The van der Waals surface area contributed by atoms with Crippen molar-refractivity contribution in [3.05, 3.63) is 18.6 Å². The second kappa shape index (κ2) is 7.22. The van der Waals surface area contributed by atoms with E-state index in [4.69, 9.17) is 4.74 Å². The minimum absolute atomic E-state index is 0.0671. The molecule has 1 atom stereocenters. The molecule has 1 spiro atoms. The molecule has 1 aliphatic carbocycles. The van der Waals surface area contributed by atoms with Crippen LogP contribution in [-0.2, 0) is 16.3 Å². The Morgan fingerprint density at radius 3 is 2.82 bits per heavy atom. The second-order valence-corrected chi connectivity index (χ2v) is 13.6. The molecule has 1 saturated carbocycles. The van der Waals surface area contributed by atoms with Gasteiger partial charge >= 0.3 is 5.97 Å². The van der Waals surface area contributed by atoms with Crippen molar-refractivity contribution in [1.82, 2.24) is 14.5 Å². The maximum atomic E-state index is 11.6. The van der Waals surface area contributed by atoms with E-state index in [1.54, 1.807) is 6.33 Å². The van der Waals surface area contributed by atoms with Gasteiger partial charge in [-0.25, -0.2) is 20.0 Å². The quantitative estimate of drug-likeness (QED) is 0.712. The number of carbonyl (C=O) groups is 1. The number of hydrogen-bond acceptors (Lipinski definition) is 5. The molecule has 3 heterocycles. The standard InChI is InChI=1S/C20H30N4O3S/c1-28(2,3)11-10-27-14-24-8-4-15-17(21-13-22-18(15)24)23-9-5-16(19(25)26)20(12-23)6-7-20/h4,8,13,16H,5-7,9-12,14H2,1-3H3,(H,25,26). The summed E-state index contributed by atoms with van der Waals surface area (Å²) in [5.41, 5.74) is 0.806. The predicted molar refractivity (Wildman–Crippen MR) is 113 cm³/mol. The summed E-state index contributed by atoms with van der Waals surface area (Å²) >= 11 is 0. The lowest BCUT2D eigenvalue weighted by Crippen LogP contribution is -2.45. The largest absolute Gasteiger partial charge is 0.481 e. The smallest absolute Gasteiger partial charge is 0.307 e. The molecule has 154 valence electrons. The lowest BCUT2D eigenvalue weighted by molar-refractivity contribution is -0.144. The first-order chi connectivity index (χ1) is 13.3. The molecule has 2 fully saturated rings. The molecule has 0 aromatic carbocycles. The fourth-order valence-electron chi connectivity index (χ4n) is 4.21. The summed E-state index contributed by atoms with van der Waals surface area (Å²) in [5, 5.41) is 10.6. The van der Waals surface area contributed by atoms with Gasteiger partial charge in [0.05, 0.1) is 17.9 Å². The van der Waals surface area contributed by atoms with Crippen molar-refractivity contribution in [3.63, 3.8) is 0 Å². The molecule has 1 saturated heterocycles. The highest BCUT2D eigenvalue weighted by atomic mass is 32.3. The first-order valence-electron chi connectivity index (χ1n) is 9.80. The zero-order valence-corrected chi connectivity index (χ0v) is 17.7. The summed E-state index contributed by atoms with van der Waals surface area (Å²) in [4.78, 5) is 22.9. The SMILES string of the molecule is CS(C)(C)CCOCn1ccc2c(N3CCC(C(=O)O)C4(CC4)C3)ncnc21. The van der Waals surface area contributed by atoms with Crippen LogP contribution in [0, 0.1) is 11.3 Å². The molecule has 28 heavy (non-hydrogen) atoms. The summed E-state index contributed by atoms with van der Waals surface area (Å²) in [7, 11) is -0.553. The number of aliphatic carboxylic acids is 1. The molecule has 8 heteroatoms. The van der Waals surface area contributed by atoms with Crippen LogP contribution in [0.5, 0.6) is 0 Å². The first-order valence-corrected chi connectivity index (χ1v) is 12.8. The third kappa shape index (κ3) is 3.85. The Kier molecular flexibility index (Phi) is 5.03. The minimum atomic E-state index is -0.648.